The van der Waals surface area contributed by atoms with E-state index in [4.69, 9.17) is 5.11 Å². The Morgan fingerprint density at radius 3 is 2.65 bits per heavy atom. The van der Waals surface area contributed by atoms with Gasteiger partial charge in [0.25, 0.3) is 11.6 Å². The van der Waals surface area contributed by atoms with Crippen LogP contribution in [-0.2, 0) is 0 Å². The number of carbonyl (C=O) groups excluding carboxylic acids is 1. The van der Waals surface area contributed by atoms with Gasteiger partial charge in [-0.3, -0.25) is 14.9 Å². The van der Waals surface area contributed by atoms with Gasteiger partial charge in [-0.2, -0.15) is 0 Å². The van der Waals surface area contributed by atoms with Crippen LogP contribution in [0.5, 0.6) is 0 Å². The number of β-amino-alcohol motifs (C(OH)–C–C–N with tert-alkyl or cyclic N) is 1. The fraction of sp³-hybridized carbons (Fsp3) is 0.300. The molecular weight excluding hydrogens is 292 g/mol. The molecule has 1 aliphatic rings. The maximum Gasteiger partial charge on any atom is 0.271 e. The van der Waals surface area contributed by atoms with E-state index >= 15 is 0 Å². The molecule has 1 aliphatic heterocycles. The summed E-state index contributed by atoms with van der Waals surface area (Å²) in [6.07, 6.45) is -0.485. The summed E-state index contributed by atoms with van der Waals surface area (Å²) >= 11 is 3.13. The number of hydrogen-bond donors (Lipinski definition) is 1. The van der Waals surface area contributed by atoms with E-state index in [2.05, 4.69) is 15.9 Å². The number of rotatable bonds is 2. The van der Waals surface area contributed by atoms with Gasteiger partial charge < -0.3 is 10.0 Å². The van der Waals surface area contributed by atoms with Crippen LogP contribution in [0.15, 0.2) is 22.7 Å². The Morgan fingerprint density at radius 2 is 2.12 bits per heavy atom. The summed E-state index contributed by atoms with van der Waals surface area (Å²) in [7, 11) is 0. The minimum atomic E-state index is -0.549. The summed E-state index contributed by atoms with van der Waals surface area (Å²) in [6.45, 7) is 0.554. The SMILES string of the molecule is O=C(c1cc(Br)cc([N+](=O)[O-])c1)N1CC(O)C1. The van der Waals surface area contributed by atoms with Gasteiger partial charge in [-0.1, -0.05) is 15.9 Å². The number of benzene rings is 1. The van der Waals surface area contributed by atoms with E-state index in [0.717, 1.165) is 0 Å². The van der Waals surface area contributed by atoms with Crippen molar-refractivity contribution in [1.29, 1.82) is 0 Å². The molecule has 1 amide bonds. The average Bonchev–Trinajstić information content (AvgIpc) is 2.23. The maximum absolute atomic E-state index is 11.9. The molecule has 7 heteroatoms. The van der Waals surface area contributed by atoms with Crippen LogP contribution >= 0.6 is 15.9 Å². The molecule has 0 spiro atoms. The van der Waals surface area contributed by atoms with Crippen molar-refractivity contribution in [3.63, 3.8) is 0 Å². The third-order valence-electron chi connectivity index (χ3n) is 2.49. The van der Waals surface area contributed by atoms with Crippen LogP contribution in [0, 0.1) is 10.1 Å². The van der Waals surface area contributed by atoms with Crippen LogP contribution < -0.4 is 0 Å². The quantitative estimate of drug-likeness (QED) is 0.656. The predicted molar refractivity (Wildman–Crippen MR) is 62.7 cm³/mol. The highest BCUT2D eigenvalue weighted by atomic mass is 79.9. The topological polar surface area (TPSA) is 83.7 Å². The normalized spacial score (nSPS) is 15.5. The van der Waals surface area contributed by atoms with Gasteiger partial charge in [0.05, 0.1) is 11.0 Å². The largest absolute Gasteiger partial charge is 0.389 e. The first-order valence-electron chi connectivity index (χ1n) is 4.89. The Hall–Kier alpha value is -1.47. The zero-order valence-corrected chi connectivity index (χ0v) is 10.3. The van der Waals surface area contributed by atoms with Gasteiger partial charge in [0, 0.05) is 35.3 Å². The molecule has 0 unspecified atom stereocenters. The van der Waals surface area contributed by atoms with Crippen LogP contribution in [0.3, 0.4) is 0 Å². The van der Waals surface area contributed by atoms with Crippen molar-refractivity contribution in [3.8, 4) is 0 Å². The van der Waals surface area contributed by atoms with E-state index in [1.54, 1.807) is 0 Å². The van der Waals surface area contributed by atoms with Crippen molar-refractivity contribution < 1.29 is 14.8 Å². The molecule has 0 aliphatic carbocycles. The third kappa shape index (κ3) is 2.45. The van der Waals surface area contributed by atoms with Crippen LogP contribution in [0.4, 0.5) is 5.69 Å². The van der Waals surface area contributed by atoms with Gasteiger partial charge in [0.15, 0.2) is 0 Å². The van der Waals surface area contributed by atoms with Crippen LogP contribution in [0.25, 0.3) is 0 Å². The second-order valence-corrected chi connectivity index (χ2v) is 4.73. The predicted octanol–water partition coefficient (Wildman–Crippen LogP) is 1.17. The van der Waals surface area contributed by atoms with Gasteiger partial charge >= 0.3 is 0 Å². The Labute approximate surface area is 105 Å². The second-order valence-electron chi connectivity index (χ2n) is 3.82. The lowest BCUT2D eigenvalue weighted by atomic mass is 10.1. The number of nitro groups is 1. The molecule has 90 valence electrons. The molecule has 6 nitrogen and oxygen atoms in total. The summed E-state index contributed by atoms with van der Waals surface area (Å²) in [5.41, 5.74) is 0.113. The summed E-state index contributed by atoms with van der Waals surface area (Å²) in [4.78, 5) is 23.4. The number of aliphatic hydroxyl groups excluding tert-OH is 1. The highest BCUT2D eigenvalue weighted by Gasteiger charge is 2.30. The second kappa shape index (κ2) is 4.42. The first kappa shape index (κ1) is 12.0. The molecule has 1 aromatic rings. The van der Waals surface area contributed by atoms with E-state index in [1.165, 1.54) is 23.1 Å². The van der Waals surface area contributed by atoms with Gasteiger partial charge in [0.2, 0.25) is 0 Å². The molecule has 0 saturated carbocycles. The van der Waals surface area contributed by atoms with Crippen molar-refractivity contribution >= 4 is 27.5 Å². The number of nitro benzene ring substituents is 1. The van der Waals surface area contributed by atoms with E-state index in [9.17, 15) is 14.9 Å². The van der Waals surface area contributed by atoms with E-state index in [1.807, 2.05) is 0 Å². The number of aliphatic hydroxyl groups is 1. The van der Waals surface area contributed by atoms with E-state index in [-0.39, 0.29) is 30.2 Å². The highest BCUT2D eigenvalue weighted by Crippen LogP contribution is 2.23. The Balaban J connectivity index is 2.26. The van der Waals surface area contributed by atoms with Crippen molar-refractivity contribution in [3.05, 3.63) is 38.3 Å². The van der Waals surface area contributed by atoms with Crippen molar-refractivity contribution in [2.75, 3.05) is 13.1 Å². The first-order valence-corrected chi connectivity index (χ1v) is 5.69. The number of likely N-dealkylation sites (tertiary alicyclic amines) is 1. The molecule has 0 radical (unpaired) electrons. The Kier molecular flexibility index (Phi) is 3.12. The molecule has 1 N–H and O–H groups in total. The summed E-state index contributed by atoms with van der Waals surface area (Å²) < 4.78 is 0.483. The van der Waals surface area contributed by atoms with Crippen LogP contribution in [0.2, 0.25) is 0 Å². The molecule has 1 fully saturated rings. The average molecular weight is 301 g/mol. The zero-order chi connectivity index (χ0) is 12.6. The Bertz CT molecular complexity index is 485. The lowest BCUT2D eigenvalue weighted by Crippen LogP contribution is -2.53. The molecule has 1 saturated heterocycles. The van der Waals surface area contributed by atoms with E-state index < -0.39 is 11.0 Å². The number of carbonyl (C=O) groups is 1. The van der Waals surface area contributed by atoms with Gasteiger partial charge in [-0.05, 0) is 6.07 Å². The summed E-state index contributed by atoms with van der Waals surface area (Å²) in [5, 5.41) is 19.8. The lowest BCUT2D eigenvalue weighted by Gasteiger charge is -2.35. The summed E-state index contributed by atoms with van der Waals surface area (Å²) in [6, 6.07) is 4.10. The molecule has 1 aromatic carbocycles. The van der Waals surface area contributed by atoms with Gasteiger partial charge in [0.1, 0.15) is 0 Å². The van der Waals surface area contributed by atoms with Crippen LogP contribution in [-0.4, -0.2) is 40.0 Å². The molecule has 2 rings (SSSR count). The Morgan fingerprint density at radius 1 is 1.47 bits per heavy atom. The van der Waals surface area contributed by atoms with Gasteiger partial charge in [-0.25, -0.2) is 0 Å². The smallest absolute Gasteiger partial charge is 0.271 e. The first-order chi connectivity index (χ1) is 7.97. The standard InChI is InChI=1S/C10H9BrN2O4/c11-7-1-6(2-8(3-7)13(16)17)10(15)12-4-9(14)5-12/h1-3,9,14H,4-5H2. The fourth-order valence-corrected chi connectivity index (χ4v) is 2.09. The summed E-state index contributed by atoms with van der Waals surface area (Å²) in [5.74, 6) is -0.306. The molecule has 1 heterocycles. The number of amides is 1. The monoisotopic (exact) mass is 300 g/mol. The lowest BCUT2D eigenvalue weighted by molar-refractivity contribution is -0.385. The van der Waals surface area contributed by atoms with E-state index in [0.29, 0.717) is 4.47 Å². The fourth-order valence-electron chi connectivity index (χ4n) is 1.61. The number of halogens is 1. The van der Waals surface area contributed by atoms with Crippen LogP contribution in [0.1, 0.15) is 10.4 Å². The number of hydrogen-bond acceptors (Lipinski definition) is 4. The third-order valence-corrected chi connectivity index (χ3v) is 2.95. The molecule has 0 bridgehead atoms. The van der Waals surface area contributed by atoms with Crippen molar-refractivity contribution in [1.82, 2.24) is 4.90 Å². The number of nitrogens with zero attached hydrogens (tertiary/aromatic N) is 2. The van der Waals surface area contributed by atoms with Crippen molar-refractivity contribution in [2.24, 2.45) is 0 Å². The minimum absolute atomic E-state index is 0.135. The number of non-ortho nitro benzene ring substituents is 1. The minimum Gasteiger partial charge on any atom is -0.389 e. The highest BCUT2D eigenvalue weighted by molar-refractivity contribution is 9.10. The zero-order valence-electron chi connectivity index (χ0n) is 8.67. The molecule has 0 aromatic heterocycles. The molecule has 0 atom stereocenters. The molecular formula is C10H9BrN2O4. The van der Waals surface area contributed by atoms with Gasteiger partial charge in [-0.15, -0.1) is 0 Å². The van der Waals surface area contributed by atoms with Crippen molar-refractivity contribution in [2.45, 2.75) is 6.10 Å². The maximum atomic E-state index is 11.9. The molecule has 17 heavy (non-hydrogen) atoms.